The Balaban J connectivity index is 2.32. The van der Waals surface area contributed by atoms with Crippen molar-refractivity contribution in [3.8, 4) is 11.1 Å². The number of hydrogen-bond acceptors (Lipinski definition) is 3. The number of hydrogen-bond donors (Lipinski definition) is 2. The van der Waals surface area contributed by atoms with Gasteiger partial charge in [0.25, 0.3) is 0 Å². The average molecular weight is 161 g/mol. The Kier molecular flexibility index (Phi) is 0.935. The summed E-state index contributed by atoms with van der Waals surface area (Å²) in [4.78, 5) is 3.06. The lowest BCUT2D eigenvalue weighted by Gasteiger charge is -2.10. The highest BCUT2D eigenvalue weighted by atomic mass is 16.5. The molecular weight excluding hydrogens is 154 g/mol. The van der Waals surface area contributed by atoms with Crippen LogP contribution in [0.5, 0.6) is 0 Å². The standard InChI is InChI=1S/C8H7N3O/c1-5-2-10-8-7(4-11-12-8)6(5)3-9-1/h1,3-4,9-10H,2H2. The monoisotopic (exact) mass is 161 g/mol. The van der Waals surface area contributed by atoms with Gasteiger partial charge in [-0.05, 0) is 5.56 Å². The van der Waals surface area contributed by atoms with E-state index in [1.807, 2.05) is 12.4 Å². The Labute approximate surface area is 68.6 Å². The number of aromatic nitrogens is 2. The van der Waals surface area contributed by atoms with E-state index >= 15 is 0 Å². The van der Waals surface area contributed by atoms with Crippen LogP contribution in [-0.2, 0) is 6.54 Å². The van der Waals surface area contributed by atoms with Gasteiger partial charge in [0.05, 0.1) is 11.8 Å². The first-order chi connectivity index (χ1) is 5.95. The molecule has 3 rings (SSSR count). The molecule has 0 saturated carbocycles. The SMILES string of the molecule is c1[nH]cc2c1CNc1oncc1-2. The molecule has 0 spiro atoms. The molecule has 0 amide bonds. The van der Waals surface area contributed by atoms with Crippen molar-refractivity contribution in [2.24, 2.45) is 0 Å². The Hall–Kier alpha value is -1.71. The number of aromatic amines is 1. The lowest BCUT2D eigenvalue weighted by molar-refractivity contribution is 0.431. The second-order valence-corrected chi connectivity index (χ2v) is 2.82. The van der Waals surface area contributed by atoms with E-state index in [1.165, 1.54) is 11.1 Å². The molecule has 2 aromatic rings. The van der Waals surface area contributed by atoms with Gasteiger partial charge in [-0.3, -0.25) is 0 Å². The van der Waals surface area contributed by atoms with Crippen molar-refractivity contribution < 1.29 is 4.52 Å². The first-order valence-corrected chi connectivity index (χ1v) is 3.80. The maximum absolute atomic E-state index is 5.01. The first-order valence-electron chi connectivity index (χ1n) is 3.80. The Morgan fingerprint density at radius 2 is 2.33 bits per heavy atom. The molecule has 1 aliphatic heterocycles. The fourth-order valence-electron chi connectivity index (χ4n) is 1.53. The van der Waals surface area contributed by atoms with Crippen LogP contribution in [0, 0.1) is 0 Å². The third kappa shape index (κ3) is 0.592. The minimum absolute atomic E-state index is 0.766. The van der Waals surface area contributed by atoms with E-state index in [-0.39, 0.29) is 0 Å². The summed E-state index contributed by atoms with van der Waals surface area (Å²) in [6.45, 7) is 0.807. The Bertz CT molecular complexity index is 375. The van der Waals surface area contributed by atoms with E-state index in [4.69, 9.17) is 4.52 Å². The molecular formula is C8H7N3O. The summed E-state index contributed by atoms with van der Waals surface area (Å²) >= 11 is 0. The molecule has 3 heterocycles. The summed E-state index contributed by atoms with van der Waals surface area (Å²) in [5.41, 5.74) is 3.48. The van der Waals surface area contributed by atoms with Crippen LogP contribution in [0.4, 0.5) is 5.88 Å². The molecule has 12 heavy (non-hydrogen) atoms. The summed E-state index contributed by atoms with van der Waals surface area (Å²) in [7, 11) is 0. The average Bonchev–Trinajstić information content (AvgIpc) is 2.71. The maximum atomic E-state index is 5.01. The van der Waals surface area contributed by atoms with Crippen molar-refractivity contribution in [3.05, 3.63) is 24.2 Å². The predicted octanol–water partition coefficient (Wildman–Crippen LogP) is 1.60. The van der Waals surface area contributed by atoms with Gasteiger partial charge in [-0.15, -0.1) is 0 Å². The molecule has 60 valence electrons. The number of nitrogens with one attached hydrogen (secondary N) is 2. The highest BCUT2D eigenvalue weighted by molar-refractivity contribution is 5.78. The number of rotatable bonds is 0. The molecule has 0 bridgehead atoms. The molecule has 1 aliphatic rings. The molecule has 2 N–H and O–H groups in total. The fourth-order valence-corrected chi connectivity index (χ4v) is 1.53. The van der Waals surface area contributed by atoms with Gasteiger partial charge >= 0.3 is 0 Å². The second kappa shape index (κ2) is 1.91. The van der Waals surface area contributed by atoms with E-state index in [9.17, 15) is 0 Å². The van der Waals surface area contributed by atoms with Crippen molar-refractivity contribution in [1.82, 2.24) is 10.1 Å². The van der Waals surface area contributed by atoms with E-state index < -0.39 is 0 Å². The van der Waals surface area contributed by atoms with Crippen molar-refractivity contribution >= 4 is 5.88 Å². The van der Waals surface area contributed by atoms with Gasteiger partial charge in [0.1, 0.15) is 0 Å². The molecule has 0 atom stereocenters. The largest absolute Gasteiger partial charge is 0.367 e. The molecule has 0 saturated heterocycles. The van der Waals surface area contributed by atoms with Crippen LogP contribution >= 0.6 is 0 Å². The van der Waals surface area contributed by atoms with Crippen LogP contribution in [0.1, 0.15) is 5.56 Å². The van der Waals surface area contributed by atoms with Gasteiger partial charge in [-0.1, -0.05) is 5.16 Å². The number of H-pyrrole nitrogens is 1. The highest BCUT2D eigenvalue weighted by Gasteiger charge is 2.19. The number of fused-ring (bicyclic) bond motifs is 3. The van der Waals surface area contributed by atoms with E-state index in [2.05, 4.69) is 15.5 Å². The lowest BCUT2D eigenvalue weighted by Crippen LogP contribution is -2.04. The first kappa shape index (κ1) is 5.88. The van der Waals surface area contributed by atoms with Gasteiger partial charge in [0.15, 0.2) is 0 Å². The molecule has 4 heteroatoms. The highest BCUT2D eigenvalue weighted by Crippen LogP contribution is 2.34. The minimum atomic E-state index is 0.766. The van der Waals surface area contributed by atoms with Gasteiger partial charge in [0.2, 0.25) is 5.88 Å². The number of anilines is 1. The van der Waals surface area contributed by atoms with Crippen LogP contribution in [0.2, 0.25) is 0 Å². The molecule has 4 nitrogen and oxygen atoms in total. The third-order valence-electron chi connectivity index (χ3n) is 2.13. The quantitative estimate of drug-likeness (QED) is 0.617. The van der Waals surface area contributed by atoms with Gasteiger partial charge in [-0.2, -0.15) is 0 Å². The molecule has 0 fully saturated rings. The Morgan fingerprint density at radius 1 is 1.33 bits per heavy atom. The Morgan fingerprint density at radius 3 is 3.33 bits per heavy atom. The normalized spacial score (nSPS) is 13.3. The summed E-state index contributed by atoms with van der Waals surface area (Å²) in [5, 5.41) is 6.87. The summed E-state index contributed by atoms with van der Waals surface area (Å²) in [6.07, 6.45) is 5.68. The van der Waals surface area contributed by atoms with Crippen LogP contribution in [0.25, 0.3) is 11.1 Å². The van der Waals surface area contributed by atoms with Crippen LogP contribution in [-0.4, -0.2) is 10.1 Å². The third-order valence-corrected chi connectivity index (χ3v) is 2.13. The van der Waals surface area contributed by atoms with E-state index in [1.54, 1.807) is 6.20 Å². The van der Waals surface area contributed by atoms with Gasteiger partial charge < -0.3 is 14.8 Å². The molecule has 0 radical (unpaired) electrons. The summed E-state index contributed by atoms with van der Waals surface area (Å²) in [6, 6.07) is 0. The second-order valence-electron chi connectivity index (χ2n) is 2.82. The summed E-state index contributed by atoms with van der Waals surface area (Å²) in [5.74, 6) is 0.766. The van der Waals surface area contributed by atoms with Crippen molar-refractivity contribution in [3.63, 3.8) is 0 Å². The molecule has 2 aromatic heterocycles. The van der Waals surface area contributed by atoms with Crippen LogP contribution < -0.4 is 5.32 Å². The summed E-state index contributed by atoms with van der Waals surface area (Å²) < 4.78 is 5.01. The molecule has 0 aliphatic carbocycles. The topological polar surface area (TPSA) is 53.9 Å². The molecule has 0 aromatic carbocycles. The van der Waals surface area contributed by atoms with E-state index in [0.717, 1.165) is 18.0 Å². The van der Waals surface area contributed by atoms with Gasteiger partial charge in [-0.25, -0.2) is 0 Å². The smallest absolute Gasteiger partial charge is 0.232 e. The van der Waals surface area contributed by atoms with E-state index in [0.29, 0.717) is 0 Å². The zero-order valence-corrected chi connectivity index (χ0v) is 6.29. The molecule has 0 unspecified atom stereocenters. The van der Waals surface area contributed by atoms with Crippen LogP contribution in [0.3, 0.4) is 0 Å². The predicted molar refractivity (Wildman–Crippen MR) is 43.6 cm³/mol. The number of nitrogens with zero attached hydrogens (tertiary/aromatic N) is 1. The zero-order valence-electron chi connectivity index (χ0n) is 6.29. The zero-order chi connectivity index (χ0) is 7.97. The maximum Gasteiger partial charge on any atom is 0.232 e. The van der Waals surface area contributed by atoms with Crippen molar-refractivity contribution in [2.75, 3.05) is 5.32 Å². The van der Waals surface area contributed by atoms with Crippen molar-refractivity contribution in [2.45, 2.75) is 6.54 Å². The minimum Gasteiger partial charge on any atom is -0.367 e. The van der Waals surface area contributed by atoms with Gasteiger partial charge in [0, 0.05) is 24.5 Å². The fraction of sp³-hybridized carbons (Fsp3) is 0.125. The van der Waals surface area contributed by atoms with Crippen molar-refractivity contribution in [1.29, 1.82) is 0 Å². The lowest BCUT2D eigenvalue weighted by atomic mass is 10.1. The van der Waals surface area contributed by atoms with Crippen LogP contribution in [0.15, 0.2) is 23.1 Å².